The minimum Gasteiger partial charge on any atom is -0.497 e. The number of carbonyl (C=O) groups excluding carboxylic acids is 1. The normalized spacial score (nSPS) is 10.6. The summed E-state index contributed by atoms with van der Waals surface area (Å²) in [4.78, 5) is 17.4. The van der Waals surface area contributed by atoms with Crippen LogP contribution in [0.25, 0.3) is 16.2 Å². The van der Waals surface area contributed by atoms with Gasteiger partial charge in [0, 0.05) is 10.9 Å². The second-order valence-corrected chi connectivity index (χ2v) is 7.20. The number of aromatic nitrogens is 3. The lowest BCUT2D eigenvalue weighted by Crippen LogP contribution is -2.21. The first kappa shape index (κ1) is 20.4. The van der Waals surface area contributed by atoms with Crippen LogP contribution in [0.5, 0.6) is 17.2 Å². The average Bonchev–Trinajstić information content (AvgIpc) is 3.37. The number of hydrogen-bond donors (Lipinski definition) is 1. The monoisotopic (exact) mass is 436 g/mol. The molecule has 1 N–H and O–H groups in total. The van der Waals surface area contributed by atoms with Crippen LogP contribution in [0.3, 0.4) is 0 Å². The van der Waals surface area contributed by atoms with Crippen molar-refractivity contribution in [2.75, 3.05) is 25.6 Å². The molecule has 8 nitrogen and oxygen atoms in total. The quantitative estimate of drug-likeness (QED) is 0.399. The molecule has 1 amide bonds. The summed E-state index contributed by atoms with van der Waals surface area (Å²) >= 11 is 1.44. The molecule has 0 aliphatic rings. The summed E-state index contributed by atoms with van der Waals surface area (Å²) < 4.78 is 18.0. The maximum Gasteiger partial charge on any atom is 0.264 e. The molecule has 0 saturated carbocycles. The van der Waals surface area contributed by atoms with E-state index in [0.29, 0.717) is 23.1 Å². The predicted molar refractivity (Wildman–Crippen MR) is 119 cm³/mol. The van der Waals surface area contributed by atoms with Crippen molar-refractivity contribution in [3.05, 3.63) is 66.6 Å². The molecule has 0 saturated heterocycles. The largest absolute Gasteiger partial charge is 0.497 e. The molecule has 0 atom stereocenters. The Morgan fingerprint density at radius 2 is 1.90 bits per heavy atom. The van der Waals surface area contributed by atoms with Gasteiger partial charge in [0.05, 0.1) is 12.8 Å². The lowest BCUT2D eigenvalue weighted by atomic mass is 10.2. The summed E-state index contributed by atoms with van der Waals surface area (Å²) in [6, 6.07) is 14.8. The number of benzene rings is 2. The number of anilines is 1. The molecular weight excluding hydrogens is 416 g/mol. The molecule has 31 heavy (non-hydrogen) atoms. The van der Waals surface area contributed by atoms with Crippen LogP contribution < -0.4 is 19.5 Å². The Morgan fingerprint density at radius 3 is 2.61 bits per heavy atom. The Balaban J connectivity index is 1.43. The standard InChI is InChI=1S/C22H20N4O4S/c1-3-12-29-18-6-4-5-7-19(18)30-13-20(27)23-21-24-22-26(25-21)17(14-31-22)15-8-10-16(28-2)11-9-15/h3-11,14H,1,12-13H2,2H3,(H,23,25,27). The van der Waals surface area contributed by atoms with Crippen molar-refractivity contribution in [1.82, 2.24) is 14.6 Å². The predicted octanol–water partition coefficient (Wildman–Crippen LogP) is 4.05. The minimum absolute atomic E-state index is 0.202. The highest BCUT2D eigenvalue weighted by molar-refractivity contribution is 7.15. The van der Waals surface area contributed by atoms with E-state index < -0.39 is 0 Å². The Bertz CT molecular complexity index is 1200. The molecule has 4 aromatic rings. The first-order valence-corrected chi connectivity index (χ1v) is 10.3. The number of fused-ring (bicyclic) bond motifs is 1. The number of nitrogens with one attached hydrogen (secondary N) is 1. The number of thiazole rings is 1. The highest BCUT2D eigenvalue weighted by Gasteiger charge is 2.14. The van der Waals surface area contributed by atoms with Crippen LogP contribution in [0, 0.1) is 0 Å². The molecule has 4 rings (SSSR count). The lowest BCUT2D eigenvalue weighted by Gasteiger charge is -2.11. The molecule has 0 fully saturated rings. The van der Waals surface area contributed by atoms with Gasteiger partial charge < -0.3 is 14.2 Å². The topological polar surface area (TPSA) is 87.0 Å². The van der Waals surface area contributed by atoms with E-state index in [1.807, 2.05) is 35.7 Å². The zero-order chi connectivity index (χ0) is 21.6. The van der Waals surface area contributed by atoms with Gasteiger partial charge in [0.1, 0.15) is 12.4 Å². The molecule has 9 heteroatoms. The number of ether oxygens (including phenoxy) is 3. The first-order chi connectivity index (χ1) is 15.2. The third-order valence-corrected chi connectivity index (χ3v) is 5.10. The Hall–Kier alpha value is -3.85. The maximum absolute atomic E-state index is 12.3. The van der Waals surface area contributed by atoms with Crippen molar-refractivity contribution in [2.45, 2.75) is 0 Å². The van der Waals surface area contributed by atoms with Crippen LogP contribution in [0.2, 0.25) is 0 Å². The molecule has 0 bridgehead atoms. The van der Waals surface area contributed by atoms with Crippen molar-refractivity contribution in [3.63, 3.8) is 0 Å². The van der Waals surface area contributed by atoms with E-state index in [-0.39, 0.29) is 18.5 Å². The van der Waals surface area contributed by atoms with Crippen molar-refractivity contribution in [1.29, 1.82) is 0 Å². The third kappa shape index (κ3) is 4.67. The Kier molecular flexibility index (Phi) is 6.13. The molecule has 0 aliphatic heterocycles. The van der Waals surface area contributed by atoms with E-state index >= 15 is 0 Å². The van der Waals surface area contributed by atoms with E-state index in [1.54, 1.807) is 35.9 Å². The summed E-state index contributed by atoms with van der Waals surface area (Å²) in [5, 5.41) is 9.04. The zero-order valence-corrected chi connectivity index (χ0v) is 17.6. The number of hydrogen-bond acceptors (Lipinski definition) is 7. The van der Waals surface area contributed by atoms with E-state index in [2.05, 4.69) is 22.0 Å². The second-order valence-electron chi connectivity index (χ2n) is 6.36. The lowest BCUT2D eigenvalue weighted by molar-refractivity contribution is -0.118. The number of nitrogens with zero attached hydrogens (tertiary/aromatic N) is 3. The molecule has 0 spiro atoms. The van der Waals surface area contributed by atoms with Gasteiger partial charge in [0.15, 0.2) is 18.1 Å². The molecular formula is C22H20N4O4S. The van der Waals surface area contributed by atoms with Crippen molar-refractivity contribution < 1.29 is 19.0 Å². The Labute approximate surface area is 182 Å². The number of amides is 1. The number of carbonyl (C=O) groups is 1. The smallest absolute Gasteiger partial charge is 0.264 e. The second kappa shape index (κ2) is 9.31. The number of para-hydroxylation sites is 2. The molecule has 0 radical (unpaired) electrons. The van der Waals surface area contributed by atoms with Gasteiger partial charge >= 0.3 is 0 Å². The van der Waals surface area contributed by atoms with E-state index in [1.165, 1.54) is 11.3 Å². The van der Waals surface area contributed by atoms with Crippen LogP contribution in [-0.4, -0.2) is 40.8 Å². The molecule has 0 aliphatic carbocycles. The third-order valence-electron chi connectivity index (χ3n) is 4.28. The van der Waals surface area contributed by atoms with E-state index in [4.69, 9.17) is 14.2 Å². The zero-order valence-electron chi connectivity index (χ0n) is 16.8. The maximum atomic E-state index is 12.3. The SMILES string of the molecule is C=CCOc1ccccc1OCC(=O)Nc1nc2scc(-c3ccc(OC)cc3)n2n1. The van der Waals surface area contributed by atoms with Crippen LogP contribution >= 0.6 is 11.3 Å². The van der Waals surface area contributed by atoms with Crippen molar-refractivity contribution in [2.24, 2.45) is 0 Å². The van der Waals surface area contributed by atoms with Crippen LogP contribution in [0.15, 0.2) is 66.6 Å². The van der Waals surface area contributed by atoms with Crippen LogP contribution in [0.1, 0.15) is 0 Å². The van der Waals surface area contributed by atoms with Gasteiger partial charge in [-0.05, 0) is 36.4 Å². The van der Waals surface area contributed by atoms with E-state index in [9.17, 15) is 4.79 Å². The summed E-state index contributed by atoms with van der Waals surface area (Å²) in [7, 11) is 1.63. The molecule has 2 aromatic heterocycles. The van der Waals surface area contributed by atoms with E-state index in [0.717, 1.165) is 17.0 Å². The summed E-state index contributed by atoms with van der Waals surface area (Å²) in [6.45, 7) is 3.77. The summed E-state index contributed by atoms with van der Waals surface area (Å²) in [5.74, 6) is 1.63. The fourth-order valence-electron chi connectivity index (χ4n) is 2.84. The van der Waals surface area contributed by atoms with Crippen molar-refractivity contribution >= 4 is 28.2 Å². The summed E-state index contributed by atoms with van der Waals surface area (Å²) in [6.07, 6.45) is 1.64. The minimum atomic E-state index is -0.372. The fraction of sp³-hybridized carbons (Fsp3) is 0.136. The molecule has 2 heterocycles. The molecule has 2 aromatic carbocycles. The Morgan fingerprint density at radius 1 is 1.16 bits per heavy atom. The van der Waals surface area contributed by atoms with Crippen molar-refractivity contribution in [3.8, 4) is 28.5 Å². The van der Waals surface area contributed by atoms with Crippen LogP contribution in [-0.2, 0) is 4.79 Å². The van der Waals surface area contributed by atoms with Gasteiger partial charge in [-0.2, -0.15) is 4.98 Å². The molecule has 0 unspecified atom stereocenters. The number of rotatable bonds is 9. The van der Waals surface area contributed by atoms with Gasteiger partial charge in [-0.15, -0.1) is 16.4 Å². The van der Waals surface area contributed by atoms with Gasteiger partial charge in [-0.25, -0.2) is 4.52 Å². The summed E-state index contributed by atoms with van der Waals surface area (Å²) in [5.41, 5.74) is 1.84. The van der Waals surface area contributed by atoms with Gasteiger partial charge in [0.2, 0.25) is 4.96 Å². The first-order valence-electron chi connectivity index (χ1n) is 9.42. The van der Waals surface area contributed by atoms with Gasteiger partial charge in [-0.3, -0.25) is 10.1 Å². The highest BCUT2D eigenvalue weighted by atomic mass is 32.1. The fourth-order valence-corrected chi connectivity index (χ4v) is 3.67. The average molecular weight is 436 g/mol. The van der Waals surface area contributed by atoms with Gasteiger partial charge in [-0.1, -0.05) is 24.8 Å². The number of methoxy groups -OCH3 is 1. The molecule has 158 valence electrons. The highest BCUT2D eigenvalue weighted by Crippen LogP contribution is 2.28. The van der Waals surface area contributed by atoms with Gasteiger partial charge in [0.25, 0.3) is 11.9 Å². The van der Waals surface area contributed by atoms with Crippen LogP contribution in [0.4, 0.5) is 5.95 Å².